The molecule has 0 bridgehead atoms. The molecule has 1 fully saturated rings. The highest BCUT2D eigenvalue weighted by atomic mass is 15.3. The van der Waals surface area contributed by atoms with Gasteiger partial charge in [-0.1, -0.05) is 0 Å². The number of hydrogen-bond donors (Lipinski definition) is 0. The number of pyridine rings is 1. The summed E-state index contributed by atoms with van der Waals surface area (Å²) in [4.78, 5) is 8.84. The molecule has 1 unspecified atom stereocenters. The second-order valence-electron chi connectivity index (χ2n) is 5.96. The standard InChI is InChI=1S/C15H22N4/c1-15(2)12-19(10-13-5-8-17-9-6-13)11-14(4-7-16)18(15)3/h5-6,8-9,14H,4,10-12H2,1-3H3. The van der Waals surface area contributed by atoms with Gasteiger partial charge in [-0.25, -0.2) is 0 Å². The van der Waals surface area contributed by atoms with Crippen molar-refractivity contribution >= 4 is 0 Å². The molecule has 0 radical (unpaired) electrons. The smallest absolute Gasteiger partial charge is 0.0638 e. The third kappa shape index (κ3) is 3.31. The van der Waals surface area contributed by atoms with Crippen LogP contribution in [0.1, 0.15) is 25.8 Å². The molecule has 1 saturated heterocycles. The van der Waals surface area contributed by atoms with Gasteiger partial charge in [0.1, 0.15) is 0 Å². The largest absolute Gasteiger partial charge is 0.296 e. The summed E-state index contributed by atoms with van der Waals surface area (Å²) in [6.07, 6.45) is 4.26. The average molecular weight is 258 g/mol. The summed E-state index contributed by atoms with van der Waals surface area (Å²) >= 11 is 0. The summed E-state index contributed by atoms with van der Waals surface area (Å²) in [5.41, 5.74) is 1.39. The Bertz CT molecular complexity index is 449. The van der Waals surface area contributed by atoms with E-state index in [4.69, 9.17) is 5.26 Å². The summed E-state index contributed by atoms with van der Waals surface area (Å²) in [5.74, 6) is 0. The zero-order valence-electron chi connectivity index (χ0n) is 12.0. The molecule has 4 nitrogen and oxygen atoms in total. The van der Waals surface area contributed by atoms with Gasteiger partial charge in [-0.15, -0.1) is 0 Å². The molecule has 4 heteroatoms. The number of nitrogens with zero attached hydrogens (tertiary/aromatic N) is 4. The van der Waals surface area contributed by atoms with Crippen LogP contribution in [0.5, 0.6) is 0 Å². The molecule has 1 aliphatic rings. The van der Waals surface area contributed by atoms with Gasteiger partial charge in [0.05, 0.1) is 12.5 Å². The molecule has 2 heterocycles. The van der Waals surface area contributed by atoms with E-state index in [1.807, 2.05) is 12.4 Å². The van der Waals surface area contributed by atoms with Crippen LogP contribution >= 0.6 is 0 Å². The highest BCUT2D eigenvalue weighted by molar-refractivity contribution is 5.10. The molecule has 0 spiro atoms. The second-order valence-corrected chi connectivity index (χ2v) is 5.96. The molecule has 19 heavy (non-hydrogen) atoms. The third-order valence-electron chi connectivity index (χ3n) is 4.06. The van der Waals surface area contributed by atoms with E-state index in [-0.39, 0.29) is 5.54 Å². The number of nitriles is 1. The minimum atomic E-state index is 0.104. The van der Waals surface area contributed by atoms with Crippen molar-refractivity contribution in [2.75, 3.05) is 20.1 Å². The Morgan fingerprint density at radius 2 is 2.11 bits per heavy atom. The first-order chi connectivity index (χ1) is 9.03. The Balaban J connectivity index is 2.08. The van der Waals surface area contributed by atoms with Crippen molar-refractivity contribution in [3.05, 3.63) is 30.1 Å². The minimum absolute atomic E-state index is 0.104. The molecule has 1 atom stereocenters. The predicted octanol–water partition coefficient (Wildman–Crippen LogP) is 1.89. The average Bonchev–Trinajstić information content (AvgIpc) is 2.36. The van der Waals surface area contributed by atoms with Crippen LogP contribution in [0.2, 0.25) is 0 Å². The van der Waals surface area contributed by atoms with Crippen LogP contribution < -0.4 is 0 Å². The van der Waals surface area contributed by atoms with Gasteiger partial charge in [-0.05, 0) is 38.6 Å². The molecule has 0 saturated carbocycles. The van der Waals surface area contributed by atoms with Crippen molar-refractivity contribution in [3.8, 4) is 6.07 Å². The summed E-state index contributed by atoms with van der Waals surface area (Å²) in [7, 11) is 2.13. The molecule has 2 rings (SSSR count). The monoisotopic (exact) mass is 258 g/mol. The predicted molar refractivity (Wildman–Crippen MR) is 75.4 cm³/mol. The van der Waals surface area contributed by atoms with E-state index < -0.39 is 0 Å². The number of hydrogen-bond acceptors (Lipinski definition) is 4. The van der Waals surface area contributed by atoms with E-state index in [1.54, 1.807) is 0 Å². The van der Waals surface area contributed by atoms with Gasteiger partial charge in [0.25, 0.3) is 0 Å². The summed E-state index contributed by atoms with van der Waals surface area (Å²) in [6, 6.07) is 6.75. The summed E-state index contributed by atoms with van der Waals surface area (Å²) in [6.45, 7) is 7.40. The van der Waals surface area contributed by atoms with Gasteiger partial charge in [0.15, 0.2) is 0 Å². The van der Waals surface area contributed by atoms with Crippen LogP contribution in [-0.2, 0) is 6.54 Å². The molecular formula is C15H22N4. The number of piperazine rings is 1. The minimum Gasteiger partial charge on any atom is -0.296 e. The molecule has 1 aromatic rings. The first-order valence-electron chi connectivity index (χ1n) is 6.74. The zero-order valence-corrected chi connectivity index (χ0v) is 12.0. The van der Waals surface area contributed by atoms with Crippen LogP contribution in [-0.4, -0.2) is 46.5 Å². The van der Waals surface area contributed by atoms with Gasteiger partial charge in [0.2, 0.25) is 0 Å². The maximum absolute atomic E-state index is 8.98. The van der Waals surface area contributed by atoms with Crippen molar-refractivity contribution in [3.63, 3.8) is 0 Å². The SMILES string of the molecule is CN1C(CC#N)CN(Cc2ccncc2)CC1(C)C. The van der Waals surface area contributed by atoms with Gasteiger partial charge in [-0.2, -0.15) is 5.26 Å². The number of rotatable bonds is 3. The highest BCUT2D eigenvalue weighted by Gasteiger charge is 2.37. The van der Waals surface area contributed by atoms with Gasteiger partial charge in [-0.3, -0.25) is 14.8 Å². The second kappa shape index (κ2) is 5.68. The van der Waals surface area contributed by atoms with Crippen molar-refractivity contribution in [1.29, 1.82) is 5.26 Å². The Hall–Kier alpha value is -1.44. The molecule has 0 aliphatic carbocycles. The first kappa shape index (κ1) is 14.0. The normalized spacial score (nSPS) is 24.0. The molecule has 1 aliphatic heterocycles. The summed E-state index contributed by atoms with van der Waals surface area (Å²) in [5, 5.41) is 8.98. The van der Waals surface area contributed by atoms with Crippen LogP contribution in [0.4, 0.5) is 0 Å². The van der Waals surface area contributed by atoms with Gasteiger partial charge in [0, 0.05) is 43.6 Å². The topological polar surface area (TPSA) is 43.2 Å². The van der Waals surface area contributed by atoms with Crippen molar-refractivity contribution in [1.82, 2.24) is 14.8 Å². The molecule has 0 aromatic carbocycles. The zero-order chi connectivity index (χ0) is 13.9. The van der Waals surface area contributed by atoms with Crippen LogP contribution in [0.3, 0.4) is 0 Å². The Morgan fingerprint density at radius 3 is 2.74 bits per heavy atom. The molecule has 0 N–H and O–H groups in total. The quantitative estimate of drug-likeness (QED) is 0.830. The van der Waals surface area contributed by atoms with E-state index in [0.717, 1.165) is 19.6 Å². The third-order valence-corrected chi connectivity index (χ3v) is 4.06. The lowest BCUT2D eigenvalue weighted by atomic mass is 9.94. The Morgan fingerprint density at radius 1 is 1.42 bits per heavy atom. The van der Waals surface area contributed by atoms with Gasteiger partial charge < -0.3 is 0 Å². The van der Waals surface area contributed by atoms with Crippen molar-refractivity contribution in [2.24, 2.45) is 0 Å². The fourth-order valence-electron chi connectivity index (χ4n) is 2.81. The van der Waals surface area contributed by atoms with E-state index in [2.05, 4.69) is 53.9 Å². The highest BCUT2D eigenvalue weighted by Crippen LogP contribution is 2.25. The lowest BCUT2D eigenvalue weighted by molar-refractivity contribution is -0.00795. The molecule has 1 aromatic heterocycles. The molecule has 0 amide bonds. The number of aromatic nitrogens is 1. The van der Waals surface area contributed by atoms with Gasteiger partial charge >= 0.3 is 0 Å². The maximum Gasteiger partial charge on any atom is 0.0638 e. The summed E-state index contributed by atoms with van der Waals surface area (Å²) < 4.78 is 0. The Labute approximate surface area is 115 Å². The lowest BCUT2D eigenvalue weighted by Gasteiger charge is -2.49. The molecule has 102 valence electrons. The molecular weight excluding hydrogens is 236 g/mol. The van der Waals surface area contributed by atoms with Crippen LogP contribution in [0.15, 0.2) is 24.5 Å². The van der Waals surface area contributed by atoms with Crippen molar-refractivity contribution in [2.45, 2.75) is 38.4 Å². The van der Waals surface area contributed by atoms with E-state index in [1.165, 1.54) is 5.56 Å². The van der Waals surface area contributed by atoms with E-state index >= 15 is 0 Å². The fourth-order valence-corrected chi connectivity index (χ4v) is 2.81. The first-order valence-corrected chi connectivity index (χ1v) is 6.74. The van der Waals surface area contributed by atoms with Crippen LogP contribution in [0.25, 0.3) is 0 Å². The lowest BCUT2D eigenvalue weighted by Crippen LogP contribution is -2.61. The van der Waals surface area contributed by atoms with E-state index in [9.17, 15) is 0 Å². The van der Waals surface area contributed by atoms with Crippen molar-refractivity contribution < 1.29 is 0 Å². The number of likely N-dealkylation sites (N-methyl/N-ethyl adjacent to an activating group) is 1. The fraction of sp³-hybridized carbons (Fsp3) is 0.600. The van der Waals surface area contributed by atoms with E-state index in [0.29, 0.717) is 12.5 Å². The Kier molecular flexibility index (Phi) is 4.18. The van der Waals surface area contributed by atoms with Crippen LogP contribution in [0, 0.1) is 11.3 Å². The maximum atomic E-state index is 8.98.